The maximum absolute atomic E-state index is 12.2. The summed E-state index contributed by atoms with van der Waals surface area (Å²) in [7, 11) is 0. The average Bonchev–Trinajstić information content (AvgIpc) is 3.36. The highest BCUT2D eigenvalue weighted by molar-refractivity contribution is 7.14. The molecule has 0 unspecified atom stereocenters. The number of hydrogen-bond donors (Lipinski definition) is 2. The molecule has 1 atom stereocenters. The number of hydrogen-bond acceptors (Lipinski definition) is 8. The molecule has 2 heterocycles. The summed E-state index contributed by atoms with van der Waals surface area (Å²) < 4.78 is 10.3. The van der Waals surface area contributed by atoms with Crippen molar-refractivity contribution in [2.45, 2.75) is 25.9 Å². The van der Waals surface area contributed by atoms with Crippen LogP contribution in [0.2, 0.25) is 0 Å². The largest absolute Gasteiger partial charge is 0.453 e. The second-order valence-electron chi connectivity index (χ2n) is 6.03. The molecule has 0 aliphatic carbocycles. The third-order valence-corrected chi connectivity index (χ3v) is 4.72. The third kappa shape index (κ3) is 5.26. The highest BCUT2D eigenvalue weighted by Crippen LogP contribution is 2.23. The van der Waals surface area contributed by atoms with Gasteiger partial charge in [-0.1, -0.05) is 35.5 Å². The summed E-state index contributed by atoms with van der Waals surface area (Å²) >= 11 is 1.15. The van der Waals surface area contributed by atoms with Crippen molar-refractivity contribution in [3.63, 3.8) is 0 Å². The Morgan fingerprint density at radius 1 is 1.24 bits per heavy atom. The van der Waals surface area contributed by atoms with Gasteiger partial charge in [-0.05, 0) is 18.4 Å². The Morgan fingerprint density at radius 2 is 2.00 bits per heavy atom. The lowest BCUT2D eigenvalue weighted by Crippen LogP contribution is -2.30. The number of nitrogens with zero attached hydrogens (tertiary/aromatic N) is 2. The van der Waals surface area contributed by atoms with Crippen LogP contribution in [0.5, 0.6) is 0 Å². The van der Waals surface area contributed by atoms with Crippen LogP contribution < -0.4 is 11.1 Å². The number of nitrogens with two attached hydrogens (primary N) is 1. The lowest BCUT2D eigenvalue weighted by Gasteiger charge is -2.13. The molecule has 0 saturated carbocycles. The minimum absolute atomic E-state index is 0.0282. The van der Waals surface area contributed by atoms with Crippen LogP contribution in [-0.2, 0) is 20.7 Å². The van der Waals surface area contributed by atoms with E-state index < -0.39 is 23.9 Å². The van der Waals surface area contributed by atoms with Crippen LogP contribution in [0.15, 0.2) is 46.3 Å². The second kappa shape index (κ2) is 9.11. The summed E-state index contributed by atoms with van der Waals surface area (Å²) in [5.41, 5.74) is 6.24. The molecular weight excluding hydrogens is 396 g/mol. The number of amides is 2. The van der Waals surface area contributed by atoms with Crippen LogP contribution in [0.1, 0.15) is 29.6 Å². The summed E-state index contributed by atoms with van der Waals surface area (Å²) in [6.45, 7) is 1.44. The normalized spacial score (nSPS) is 11.6. The van der Waals surface area contributed by atoms with Gasteiger partial charge in [0.1, 0.15) is 5.00 Å². The zero-order valence-electron chi connectivity index (χ0n) is 15.5. The predicted molar refractivity (Wildman–Crippen MR) is 105 cm³/mol. The first kappa shape index (κ1) is 20.2. The second-order valence-corrected chi connectivity index (χ2v) is 6.94. The molecule has 0 aliphatic rings. The minimum atomic E-state index is -1.05. The number of nitrogens with one attached hydrogen (secondary N) is 1. The number of aromatic nitrogens is 2. The maximum atomic E-state index is 12.2. The van der Waals surface area contributed by atoms with Crippen molar-refractivity contribution in [1.29, 1.82) is 0 Å². The molecule has 3 N–H and O–H groups in total. The smallest absolute Gasteiger partial charge is 0.307 e. The van der Waals surface area contributed by atoms with Crippen LogP contribution in [0.25, 0.3) is 11.4 Å². The van der Waals surface area contributed by atoms with Gasteiger partial charge in [0, 0.05) is 12.0 Å². The molecule has 0 aliphatic heterocycles. The Kier molecular flexibility index (Phi) is 6.35. The average molecular weight is 414 g/mol. The van der Waals surface area contributed by atoms with E-state index in [2.05, 4.69) is 15.5 Å². The molecule has 3 rings (SSSR count). The maximum Gasteiger partial charge on any atom is 0.307 e. The number of anilines is 1. The molecule has 0 spiro atoms. The van der Waals surface area contributed by atoms with E-state index in [1.165, 1.54) is 13.0 Å². The lowest BCUT2D eigenvalue weighted by atomic mass is 10.2. The Bertz CT molecular complexity index is 1010. The summed E-state index contributed by atoms with van der Waals surface area (Å²) in [5, 5.41) is 8.35. The molecule has 2 amide bonds. The van der Waals surface area contributed by atoms with Gasteiger partial charge >= 0.3 is 5.97 Å². The Morgan fingerprint density at radius 3 is 2.72 bits per heavy atom. The number of thiophene rings is 1. The van der Waals surface area contributed by atoms with Gasteiger partial charge in [-0.2, -0.15) is 4.98 Å². The first-order valence-corrected chi connectivity index (χ1v) is 9.57. The summed E-state index contributed by atoms with van der Waals surface area (Å²) in [5.74, 6) is -1.08. The molecule has 29 heavy (non-hydrogen) atoms. The molecule has 0 fully saturated rings. The van der Waals surface area contributed by atoms with Crippen molar-refractivity contribution in [2.24, 2.45) is 5.73 Å². The third-order valence-electron chi connectivity index (χ3n) is 3.89. The summed E-state index contributed by atoms with van der Waals surface area (Å²) in [4.78, 5) is 39.7. The Labute approximate surface area is 169 Å². The molecular formula is C19H18N4O5S. The lowest BCUT2D eigenvalue weighted by molar-refractivity contribution is -0.153. The fourth-order valence-corrected chi connectivity index (χ4v) is 3.19. The number of aryl methyl sites for hydroxylation is 1. The van der Waals surface area contributed by atoms with E-state index in [0.29, 0.717) is 16.7 Å². The minimum Gasteiger partial charge on any atom is -0.453 e. The molecule has 0 saturated heterocycles. The number of rotatable bonds is 8. The monoisotopic (exact) mass is 414 g/mol. The van der Waals surface area contributed by atoms with Crippen molar-refractivity contribution in [3.05, 3.63) is 53.2 Å². The Hall–Kier alpha value is -3.53. The van der Waals surface area contributed by atoms with Crippen molar-refractivity contribution in [1.82, 2.24) is 10.1 Å². The first-order valence-electron chi connectivity index (χ1n) is 8.69. The quantitative estimate of drug-likeness (QED) is 0.540. The summed E-state index contributed by atoms with van der Waals surface area (Å²) in [6.07, 6.45) is -0.892. The van der Waals surface area contributed by atoms with Crippen molar-refractivity contribution in [2.75, 3.05) is 5.32 Å². The molecule has 0 bridgehead atoms. The van der Waals surface area contributed by atoms with Gasteiger partial charge in [0.2, 0.25) is 11.7 Å². The van der Waals surface area contributed by atoms with E-state index >= 15 is 0 Å². The van der Waals surface area contributed by atoms with E-state index in [0.717, 1.165) is 16.9 Å². The van der Waals surface area contributed by atoms with Gasteiger partial charge in [0.15, 0.2) is 6.10 Å². The van der Waals surface area contributed by atoms with Gasteiger partial charge in [-0.15, -0.1) is 11.3 Å². The van der Waals surface area contributed by atoms with Crippen LogP contribution in [-0.4, -0.2) is 34.0 Å². The van der Waals surface area contributed by atoms with E-state index in [4.69, 9.17) is 15.0 Å². The van der Waals surface area contributed by atoms with Crippen LogP contribution in [0, 0.1) is 0 Å². The van der Waals surface area contributed by atoms with Gasteiger partial charge < -0.3 is 20.3 Å². The topological polar surface area (TPSA) is 137 Å². The van der Waals surface area contributed by atoms with Gasteiger partial charge in [-0.25, -0.2) is 0 Å². The van der Waals surface area contributed by atoms with Gasteiger partial charge in [0.05, 0.1) is 12.0 Å². The number of primary amides is 1. The fraction of sp³-hybridized carbons (Fsp3) is 0.211. The van der Waals surface area contributed by atoms with Crippen LogP contribution in [0.3, 0.4) is 0 Å². The molecule has 2 aromatic heterocycles. The van der Waals surface area contributed by atoms with E-state index in [-0.39, 0.29) is 18.4 Å². The zero-order valence-corrected chi connectivity index (χ0v) is 16.3. The summed E-state index contributed by atoms with van der Waals surface area (Å²) in [6, 6.07) is 10.8. The molecule has 150 valence electrons. The first-order chi connectivity index (χ1) is 13.9. The molecule has 9 nitrogen and oxygen atoms in total. The number of esters is 1. The molecule has 10 heteroatoms. The molecule has 1 aromatic carbocycles. The van der Waals surface area contributed by atoms with Crippen LogP contribution >= 0.6 is 11.3 Å². The zero-order chi connectivity index (χ0) is 20.8. The van der Waals surface area contributed by atoms with Crippen molar-refractivity contribution in [3.8, 4) is 11.4 Å². The fourth-order valence-electron chi connectivity index (χ4n) is 2.39. The standard InChI is InChI=1S/C19H18N4O5S/c1-11(18(26)22-19-13(16(20)25)9-10-29-19)27-15(24)8-7-14-21-17(23-28-14)12-5-3-2-4-6-12/h2-6,9-11H,7-8H2,1H3,(H2,20,25)(H,22,26)/t11-/m1/s1. The predicted octanol–water partition coefficient (Wildman–Crippen LogP) is 2.40. The SMILES string of the molecule is C[C@@H](OC(=O)CCc1nc(-c2ccccc2)no1)C(=O)Nc1sccc1C(N)=O. The highest BCUT2D eigenvalue weighted by atomic mass is 32.1. The van der Waals surface area contributed by atoms with Crippen LogP contribution in [0.4, 0.5) is 5.00 Å². The van der Waals surface area contributed by atoms with Gasteiger partial charge in [0.25, 0.3) is 11.8 Å². The Balaban J connectivity index is 1.49. The van der Waals surface area contributed by atoms with E-state index in [1.54, 1.807) is 5.38 Å². The highest BCUT2D eigenvalue weighted by Gasteiger charge is 2.21. The molecule has 0 radical (unpaired) electrons. The number of carbonyl (C=O) groups is 3. The van der Waals surface area contributed by atoms with E-state index in [9.17, 15) is 14.4 Å². The number of carbonyl (C=O) groups excluding carboxylic acids is 3. The number of benzene rings is 1. The number of ether oxygens (including phenoxy) is 1. The molecule has 3 aromatic rings. The van der Waals surface area contributed by atoms with Crippen molar-refractivity contribution < 1.29 is 23.6 Å². The van der Waals surface area contributed by atoms with Crippen molar-refractivity contribution >= 4 is 34.1 Å². The van der Waals surface area contributed by atoms with Gasteiger partial charge in [-0.3, -0.25) is 14.4 Å². The van der Waals surface area contributed by atoms with E-state index in [1.807, 2.05) is 30.3 Å².